The van der Waals surface area contributed by atoms with Crippen LogP contribution < -0.4 is 10.1 Å². The van der Waals surface area contributed by atoms with Gasteiger partial charge in [-0.2, -0.15) is 0 Å². The highest BCUT2D eigenvalue weighted by atomic mass is 16.5. The normalized spacial score (nSPS) is 13.1. The van der Waals surface area contributed by atoms with Crippen LogP contribution in [0.5, 0.6) is 5.75 Å². The van der Waals surface area contributed by atoms with Crippen molar-refractivity contribution in [1.82, 2.24) is 14.8 Å². The maximum Gasteiger partial charge on any atom is 0.262 e. The number of hydrogen-bond acceptors (Lipinski definition) is 4. The first-order valence-corrected chi connectivity index (χ1v) is 9.62. The summed E-state index contributed by atoms with van der Waals surface area (Å²) in [6, 6.07) is 13.5. The van der Waals surface area contributed by atoms with Gasteiger partial charge in [0, 0.05) is 24.2 Å². The van der Waals surface area contributed by atoms with Crippen molar-refractivity contribution >= 4 is 11.6 Å². The molecule has 2 heterocycles. The zero-order valence-electron chi connectivity index (χ0n) is 16.2. The van der Waals surface area contributed by atoms with Crippen LogP contribution >= 0.6 is 0 Å². The summed E-state index contributed by atoms with van der Waals surface area (Å²) in [6.07, 6.45) is 3.33. The molecule has 0 unspecified atom stereocenters. The molecule has 0 fully saturated rings. The summed E-state index contributed by atoms with van der Waals surface area (Å²) in [7, 11) is 0. The number of hydrogen-bond donors (Lipinski definition) is 1. The van der Waals surface area contributed by atoms with E-state index >= 15 is 0 Å². The highest BCUT2D eigenvalue weighted by molar-refractivity contribution is 5.92. The van der Waals surface area contributed by atoms with Crippen molar-refractivity contribution < 1.29 is 9.53 Å². The quantitative estimate of drug-likeness (QED) is 0.733. The summed E-state index contributed by atoms with van der Waals surface area (Å²) < 4.78 is 7.81. The summed E-state index contributed by atoms with van der Waals surface area (Å²) in [5.74, 6) is 2.43. The number of carbonyl (C=O) groups is 1. The largest absolute Gasteiger partial charge is 0.484 e. The number of anilines is 1. The molecule has 0 atom stereocenters. The third-order valence-electron chi connectivity index (χ3n) is 5.13. The first-order valence-electron chi connectivity index (χ1n) is 9.62. The second-order valence-electron chi connectivity index (χ2n) is 7.21. The van der Waals surface area contributed by atoms with E-state index in [1.54, 1.807) is 0 Å². The van der Waals surface area contributed by atoms with Crippen molar-refractivity contribution in [1.29, 1.82) is 0 Å². The fourth-order valence-corrected chi connectivity index (χ4v) is 3.39. The zero-order valence-corrected chi connectivity index (χ0v) is 16.2. The lowest BCUT2D eigenvalue weighted by Gasteiger charge is -2.14. The van der Waals surface area contributed by atoms with Gasteiger partial charge in [-0.3, -0.25) is 4.79 Å². The Kier molecular flexibility index (Phi) is 5.10. The van der Waals surface area contributed by atoms with Crippen LogP contribution in [0.1, 0.15) is 29.8 Å². The minimum atomic E-state index is -0.182. The predicted octanol–water partition coefficient (Wildman–Crippen LogP) is 3.92. The van der Waals surface area contributed by atoms with E-state index in [9.17, 15) is 4.79 Å². The van der Waals surface area contributed by atoms with E-state index in [0.29, 0.717) is 5.75 Å². The summed E-state index contributed by atoms with van der Waals surface area (Å²) in [5, 5.41) is 11.5. The Morgan fingerprint density at radius 2 is 1.89 bits per heavy atom. The number of benzene rings is 2. The number of rotatable bonds is 5. The summed E-state index contributed by atoms with van der Waals surface area (Å²) in [6.45, 7) is 5.00. The molecule has 0 bridgehead atoms. The first-order chi connectivity index (χ1) is 13.6. The van der Waals surface area contributed by atoms with Crippen LogP contribution in [-0.2, 0) is 17.8 Å². The van der Waals surface area contributed by atoms with Gasteiger partial charge < -0.3 is 14.6 Å². The maximum atomic E-state index is 12.1. The number of aromatic nitrogens is 3. The van der Waals surface area contributed by atoms with E-state index in [-0.39, 0.29) is 12.5 Å². The van der Waals surface area contributed by atoms with Gasteiger partial charge in [0.15, 0.2) is 12.4 Å². The fraction of sp³-hybridized carbons (Fsp3) is 0.318. The van der Waals surface area contributed by atoms with Crippen molar-refractivity contribution in [3.05, 3.63) is 59.4 Å². The van der Waals surface area contributed by atoms with Crippen molar-refractivity contribution in [2.45, 2.75) is 39.7 Å². The molecule has 0 aliphatic carbocycles. The Bertz CT molecular complexity index is 992. The highest BCUT2D eigenvalue weighted by Crippen LogP contribution is 2.24. The molecule has 0 spiro atoms. The SMILES string of the molecule is Cc1ccc(NC(=O)COc2ccc(-c3nnc4n3CCCC4)cc2)cc1C. The topological polar surface area (TPSA) is 69.0 Å². The van der Waals surface area contributed by atoms with Crippen LogP contribution in [0.2, 0.25) is 0 Å². The minimum Gasteiger partial charge on any atom is -0.484 e. The second-order valence-corrected chi connectivity index (χ2v) is 7.21. The molecule has 0 radical (unpaired) electrons. The molecule has 144 valence electrons. The Balaban J connectivity index is 1.36. The molecular weight excluding hydrogens is 352 g/mol. The first kappa shape index (κ1) is 18.2. The third-order valence-corrected chi connectivity index (χ3v) is 5.13. The lowest BCUT2D eigenvalue weighted by atomic mass is 10.1. The van der Waals surface area contributed by atoms with E-state index in [4.69, 9.17) is 4.74 Å². The van der Waals surface area contributed by atoms with E-state index in [2.05, 4.69) is 20.1 Å². The van der Waals surface area contributed by atoms with Gasteiger partial charge in [-0.25, -0.2) is 0 Å². The van der Waals surface area contributed by atoms with Gasteiger partial charge in [0.1, 0.15) is 11.6 Å². The van der Waals surface area contributed by atoms with Gasteiger partial charge in [-0.1, -0.05) is 6.07 Å². The lowest BCUT2D eigenvalue weighted by Crippen LogP contribution is -2.20. The Morgan fingerprint density at radius 1 is 1.07 bits per heavy atom. The summed E-state index contributed by atoms with van der Waals surface area (Å²) >= 11 is 0. The zero-order chi connectivity index (χ0) is 19.5. The number of carbonyl (C=O) groups excluding carboxylic acids is 1. The predicted molar refractivity (Wildman–Crippen MR) is 108 cm³/mol. The molecule has 1 aliphatic rings. The number of fused-ring (bicyclic) bond motifs is 1. The number of nitrogens with one attached hydrogen (secondary N) is 1. The van der Waals surface area contributed by atoms with Gasteiger partial charge in [0.2, 0.25) is 0 Å². The number of aryl methyl sites for hydroxylation is 3. The van der Waals surface area contributed by atoms with E-state index in [1.807, 2.05) is 56.3 Å². The maximum absolute atomic E-state index is 12.1. The number of nitrogens with zero attached hydrogens (tertiary/aromatic N) is 3. The van der Waals surface area contributed by atoms with Crippen LogP contribution in [0.25, 0.3) is 11.4 Å². The Morgan fingerprint density at radius 3 is 2.68 bits per heavy atom. The smallest absolute Gasteiger partial charge is 0.262 e. The number of ether oxygens (including phenoxy) is 1. The summed E-state index contributed by atoms with van der Waals surface area (Å²) in [4.78, 5) is 12.1. The third kappa shape index (κ3) is 3.91. The highest BCUT2D eigenvalue weighted by Gasteiger charge is 2.16. The van der Waals surface area contributed by atoms with E-state index in [0.717, 1.165) is 47.8 Å². The molecule has 0 saturated carbocycles. The second kappa shape index (κ2) is 7.84. The van der Waals surface area contributed by atoms with Gasteiger partial charge in [-0.05, 0) is 74.2 Å². The standard InChI is InChI=1S/C22H24N4O2/c1-15-6-9-18(13-16(15)2)23-21(27)14-28-19-10-7-17(8-11-19)22-25-24-20-5-3-4-12-26(20)22/h6-11,13H,3-5,12,14H2,1-2H3,(H,23,27). The Labute approximate surface area is 164 Å². The van der Waals surface area contributed by atoms with Crippen LogP contribution in [0.15, 0.2) is 42.5 Å². The van der Waals surface area contributed by atoms with E-state index < -0.39 is 0 Å². The molecule has 0 saturated heterocycles. The lowest BCUT2D eigenvalue weighted by molar-refractivity contribution is -0.118. The molecule has 1 aromatic heterocycles. The molecule has 4 rings (SSSR count). The number of amides is 1. The van der Waals surface area contributed by atoms with Gasteiger partial charge in [0.25, 0.3) is 5.91 Å². The van der Waals surface area contributed by atoms with Gasteiger partial charge in [0.05, 0.1) is 0 Å². The van der Waals surface area contributed by atoms with Crippen molar-refractivity contribution in [2.24, 2.45) is 0 Å². The molecule has 6 nitrogen and oxygen atoms in total. The van der Waals surface area contributed by atoms with Crippen LogP contribution in [0, 0.1) is 13.8 Å². The molecule has 3 aromatic rings. The molecular formula is C22H24N4O2. The van der Waals surface area contributed by atoms with Crippen LogP contribution in [0.4, 0.5) is 5.69 Å². The molecule has 1 amide bonds. The fourth-order valence-electron chi connectivity index (χ4n) is 3.39. The average molecular weight is 376 g/mol. The summed E-state index contributed by atoms with van der Waals surface area (Å²) in [5.41, 5.74) is 4.13. The Hall–Kier alpha value is -3.15. The molecule has 28 heavy (non-hydrogen) atoms. The molecule has 1 aliphatic heterocycles. The van der Waals surface area contributed by atoms with Gasteiger partial charge in [-0.15, -0.1) is 10.2 Å². The minimum absolute atomic E-state index is 0.0351. The van der Waals surface area contributed by atoms with Gasteiger partial charge >= 0.3 is 0 Å². The van der Waals surface area contributed by atoms with Crippen LogP contribution in [-0.4, -0.2) is 27.3 Å². The molecule has 2 aromatic carbocycles. The van der Waals surface area contributed by atoms with Crippen LogP contribution in [0.3, 0.4) is 0 Å². The average Bonchev–Trinajstić information content (AvgIpc) is 3.14. The van der Waals surface area contributed by atoms with Crippen molar-refractivity contribution in [2.75, 3.05) is 11.9 Å². The molecule has 6 heteroatoms. The monoisotopic (exact) mass is 376 g/mol. The van der Waals surface area contributed by atoms with Crippen molar-refractivity contribution in [3.63, 3.8) is 0 Å². The molecule has 1 N–H and O–H groups in total. The van der Waals surface area contributed by atoms with E-state index in [1.165, 1.54) is 12.0 Å². The van der Waals surface area contributed by atoms with Crippen molar-refractivity contribution in [3.8, 4) is 17.1 Å².